The minimum absolute atomic E-state index is 0.0229. The second-order valence-corrected chi connectivity index (χ2v) is 8.48. The molecule has 0 unspecified atom stereocenters. The highest BCUT2D eigenvalue weighted by Gasteiger charge is 2.24. The van der Waals surface area contributed by atoms with Crippen molar-refractivity contribution in [2.24, 2.45) is 0 Å². The number of anilines is 1. The topological polar surface area (TPSA) is 101 Å². The Bertz CT molecular complexity index is 1120. The van der Waals surface area contributed by atoms with Crippen LogP contribution >= 0.6 is 0 Å². The van der Waals surface area contributed by atoms with Crippen LogP contribution in [0.5, 0.6) is 5.88 Å². The Morgan fingerprint density at radius 2 is 2.00 bits per heavy atom. The van der Waals surface area contributed by atoms with E-state index in [0.717, 1.165) is 19.0 Å². The number of carbonyl (C=O) groups excluding carboxylic acids is 1. The van der Waals surface area contributed by atoms with Crippen molar-refractivity contribution in [1.82, 2.24) is 19.9 Å². The summed E-state index contributed by atoms with van der Waals surface area (Å²) in [5.41, 5.74) is 2.66. The van der Waals surface area contributed by atoms with Crippen LogP contribution in [-0.4, -0.2) is 50.9 Å². The summed E-state index contributed by atoms with van der Waals surface area (Å²) in [7, 11) is 1.48. The number of methoxy groups -OCH3 is 1. The number of hydrogen-bond donors (Lipinski definition) is 3. The molecule has 3 aromatic rings. The lowest BCUT2D eigenvalue weighted by Gasteiger charge is -2.26. The lowest BCUT2D eigenvalue weighted by atomic mass is 9.93. The van der Waals surface area contributed by atoms with E-state index in [1.807, 2.05) is 13.8 Å². The third-order valence-corrected chi connectivity index (χ3v) is 5.70. The van der Waals surface area contributed by atoms with Crippen LogP contribution < -0.4 is 15.4 Å². The highest BCUT2D eigenvalue weighted by Crippen LogP contribution is 2.31. The van der Waals surface area contributed by atoms with Gasteiger partial charge < -0.3 is 20.5 Å². The van der Waals surface area contributed by atoms with Gasteiger partial charge >= 0.3 is 0 Å². The number of amides is 1. The third-order valence-electron chi connectivity index (χ3n) is 5.70. The Hall–Kier alpha value is -3.20. The summed E-state index contributed by atoms with van der Waals surface area (Å²) in [6, 6.07) is 3.41. The highest BCUT2D eigenvalue weighted by molar-refractivity contribution is 6.03. The predicted octanol–water partition coefficient (Wildman–Crippen LogP) is 3.40. The molecular weight excluding hydrogens is 413 g/mol. The fraction of sp³-hybridized carbons (Fsp3) is 0.435. The smallest absolute Gasteiger partial charge is 0.255 e. The highest BCUT2D eigenvalue weighted by atomic mass is 19.1. The number of nitrogens with one attached hydrogen (secondary N) is 2. The first-order valence-electron chi connectivity index (χ1n) is 10.8. The molecule has 170 valence electrons. The van der Waals surface area contributed by atoms with Crippen LogP contribution in [0.4, 0.5) is 10.1 Å². The van der Waals surface area contributed by atoms with E-state index in [4.69, 9.17) is 4.74 Å². The number of pyridine rings is 1. The first kappa shape index (κ1) is 22.0. The number of rotatable bonds is 6. The molecule has 3 heterocycles. The molecule has 0 aliphatic heterocycles. The van der Waals surface area contributed by atoms with Gasteiger partial charge in [-0.2, -0.15) is 5.10 Å². The molecule has 0 aromatic carbocycles. The average Bonchev–Trinajstić information content (AvgIpc) is 3.20. The molecule has 9 heteroatoms. The minimum atomic E-state index is -0.475. The summed E-state index contributed by atoms with van der Waals surface area (Å²) in [5.74, 6) is -0.385. The van der Waals surface area contributed by atoms with E-state index in [2.05, 4.69) is 20.7 Å². The van der Waals surface area contributed by atoms with Crippen LogP contribution in [0, 0.1) is 5.82 Å². The van der Waals surface area contributed by atoms with Gasteiger partial charge in [0.15, 0.2) is 0 Å². The van der Waals surface area contributed by atoms with Crippen molar-refractivity contribution in [1.29, 1.82) is 0 Å². The summed E-state index contributed by atoms with van der Waals surface area (Å²) in [6.07, 6.45) is 6.93. The van der Waals surface area contributed by atoms with Gasteiger partial charge in [-0.05, 0) is 45.6 Å². The van der Waals surface area contributed by atoms with Crippen LogP contribution in [0.2, 0.25) is 0 Å². The first-order valence-corrected chi connectivity index (χ1v) is 10.8. The molecule has 8 nitrogen and oxygen atoms in total. The molecule has 3 N–H and O–H groups in total. The number of aliphatic hydroxyl groups excluding tert-OH is 1. The van der Waals surface area contributed by atoms with Crippen LogP contribution in [-0.2, 0) is 0 Å². The van der Waals surface area contributed by atoms with Gasteiger partial charge in [0.25, 0.3) is 5.91 Å². The zero-order chi connectivity index (χ0) is 22.8. The number of carbonyl (C=O) groups is 1. The van der Waals surface area contributed by atoms with Gasteiger partial charge in [-0.25, -0.2) is 13.9 Å². The summed E-state index contributed by atoms with van der Waals surface area (Å²) >= 11 is 0. The van der Waals surface area contributed by atoms with Gasteiger partial charge in [0.05, 0.1) is 42.4 Å². The minimum Gasteiger partial charge on any atom is -0.481 e. The monoisotopic (exact) mass is 441 g/mol. The Morgan fingerprint density at radius 3 is 2.69 bits per heavy atom. The Kier molecular flexibility index (Phi) is 6.27. The van der Waals surface area contributed by atoms with Crippen molar-refractivity contribution in [3.05, 3.63) is 42.1 Å². The maximum Gasteiger partial charge on any atom is 0.255 e. The van der Waals surface area contributed by atoms with Gasteiger partial charge in [-0.3, -0.25) is 4.79 Å². The van der Waals surface area contributed by atoms with E-state index in [0.29, 0.717) is 46.6 Å². The van der Waals surface area contributed by atoms with Crippen LogP contribution in [0.3, 0.4) is 0 Å². The molecule has 1 fully saturated rings. The third kappa shape index (κ3) is 4.52. The first-order chi connectivity index (χ1) is 15.4. The maximum atomic E-state index is 14.5. The Balaban J connectivity index is 1.72. The molecule has 0 spiro atoms. The Morgan fingerprint density at radius 1 is 1.25 bits per heavy atom. The molecule has 32 heavy (non-hydrogen) atoms. The van der Waals surface area contributed by atoms with Crippen molar-refractivity contribution >= 4 is 17.1 Å². The fourth-order valence-electron chi connectivity index (χ4n) is 4.05. The molecule has 4 rings (SSSR count). The number of nitrogens with zero attached hydrogens (tertiary/aromatic N) is 3. The second kappa shape index (κ2) is 9.12. The van der Waals surface area contributed by atoms with Crippen molar-refractivity contribution in [2.75, 3.05) is 12.4 Å². The maximum absolute atomic E-state index is 14.5. The number of aromatic nitrogens is 3. The van der Waals surface area contributed by atoms with E-state index in [1.165, 1.54) is 19.4 Å². The van der Waals surface area contributed by atoms with Crippen LogP contribution in [0.15, 0.2) is 30.7 Å². The van der Waals surface area contributed by atoms with Gasteiger partial charge in [-0.15, -0.1) is 0 Å². The molecule has 1 amide bonds. The zero-order valence-corrected chi connectivity index (χ0v) is 18.4. The molecular formula is C23H28FN5O3. The standard InChI is InChI=1S/C23H28FN5O3/c1-13(2)27-22-18(23(31)28-15-4-6-16(30)7-5-15)10-26-29-12-14(8-20(22)29)17-9-21(32-3)25-11-19(17)24/h8-13,15-16,27,30H,4-7H2,1-3H3,(H,28,31)/t15-,16-. The second-order valence-electron chi connectivity index (χ2n) is 8.48. The summed E-state index contributed by atoms with van der Waals surface area (Å²) in [6.45, 7) is 3.97. The molecule has 1 aliphatic rings. The molecule has 0 radical (unpaired) electrons. The van der Waals surface area contributed by atoms with E-state index in [1.54, 1.807) is 16.8 Å². The Labute approximate surface area is 185 Å². The van der Waals surface area contributed by atoms with Crippen molar-refractivity contribution < 1.29 is 19.0 Å². The SMILES string of the molecule is COc1cc(-c2cc3c(NC(C)C)c(C(=O)N[C@H]4CC[C@H](O)CC4)cnn3c2)c(F)cn1. The quantitative estimate of drug-likeness (QED) is 0.542. The molecule has 1 saturated carbocycles. The average molecular weight is 442 g/mol. The number of halogens is 1. The van der Waals surface area contributed by atoms with Gasteiger partial charge in [0.2, 0.25) is 5.88 Å². The predicted molar refractivity (Wildman–Crippen MR) is 119 cm³/mol. The summed E-state index contributed by atoms with van der Waals surface area (Å²) < 4.78 is 21.2. The molecule has 0 atom stereocenters. The van der Waals surface area contributed by atoms with Gasteiger partial charge in [0, 0.05) is 35.5 Å². The van der Waals surface area contributed by atoms with E-state index < -0.39 is 5.82 Å². The van der Waals surface area contributed by atoms with Crippen molar-refractivity contribution in [2.45, 2.75) is 57.7 Å². The van der Waals surface area contributed by atoms with Gasteiger partial charge in [0.1, 0.15) is 5.82 Å². The molecule has 3 aromatic heterocycles. The number of ether oxygens (including phenoxy) is 1. The molecule has 0 saturated heterocycles. The fourth-order valence-corrected chi connectivity index (χ4v) is 4.05. The van der Waals surface area contributed by atoms with Crippen LogP contribution in [0.1, 0.15) is 49.9 Å². The summed E-state index contributed by atoms with van der Waals surface area (Å²) in [5, 5.41) is 20.5. The van der Waals surface area contributed by atoms with Crippen molar-refractivity contribution in [3.63, 3.8) is 0 Å². The van der Waals surface area contributed by atoms with E-state index >= 15 is 0 Å². The van der Waals surface area contributed by atoms with Crippen LogP contribution in [0.25, 0.3) is 16.6 Å². The zero-order valence-electron chi connectivity index (χ0n) is 18.4. The number of fused-ring (bicyclic) bond motifs is 1. The van der Waals surface area contributed by atoms with Gasteiger partial charge in [-0.1, -0.05) is 0 Å². The normalized spacial score (nSPS) is 18.7. The summed E-state index contributed by atoms with van der Waals surface area (Å²) in [4.78, 5) is 17.0. The largest absolute Gasteiger partial charge is 0.481 e. The lowest BCUT2D eigenvalue weighted by Crippen LogP contribution is -2.39. The van der Waals surface area contributed by atoms with E-state index in [9.17, 15) is 14.3 Å². The van der Waals surface area contributed by atoms with Crippen molar-refractivity contribution in [3.8, 4) is 17.0 Å². The number of aliphatic hydroxyl groups is 1. The number of hydrogen-bond acceptors (Lipinski definition) is 6. The molecule has 0 bridgehead atoms. The lowest BCUT2D eigenvalue weighted by molar-refractivity contribution is 0.0868. The van der Waals surface area contributed by atoms with E-state index in [-0.39, 0.29) is 24.1 Å². The molecule has 1 aliphatic carbocycles.